The molecule has 1 aromatic carbocycles. The van der Waals surface area contributed by atoms with E-state index < -0.39 is 21.7 Å². The summed E-state index contributed by atoms with van der Waals surface area (Å²) < 4.78 is 34.0. The van der Waals surface area contributed by atoms with Gasteiger partial charge < -0.3 is 4.74 Å². The Kier molecular flexibility index (Phi) is 8.71. The van der Waals surface area contributed by atoms with Gasteiger partial charge >= 0.3 is 6.09 Å². The molecule has 1 amide bonds. The monoisotopic (exact) mass is 550 g/mol. The van der Waals surface area contributed by atoms with E-state index in [9.17, 15) is 13.2 Å². The van der Waals surface area contributed by atoms with Crippen molar-refractivity contribution in [2.45, 2.75) is 88.9 Å². The van der Waals surface area contributed by atoms with Crippen molar-refractivity contribution in [3.8, 4) is 0 Å². The lowest BCUT2D eigenvalue weighted by molar-refractivity contribution is 0.0635. The minimum absolute atomic E-state index is 0.00490. The lowest BCUT2D eigenvalue weighted by atomic mass is 9.90. The Labute approximate surface area is 231 Å². The molecule has 39 heavy (non-hydrogen) atoms. The zero-order valence-electron chi connectivity index (χ0n) is 23.2. The first-order valence-electron chi connectivity index (χ1n) is 13.5. The summed E-state index contributed by atoms with van der Waals surface area (Å²) in [5.74, 6) is 0.281. The Morgan fingerprint density at radius 2 is 1.77 bits per heavy atom. The van der Waals surface area contributed by atoms with Gasteiger partial charge in [0, 0.05) is 12.7 Å². The highest BCUT2D eigenvalue weighted by molar-refractivity contribution is 7.89. The number of carbonyl (C=O) groups excluding carboxylic acids is 1. The van der Waals surface area contributed by atoms with E-state index in [1.807, 2.05) is 12.1 Å². The highest BCUT2D eigenvalue weighted by Crippen LogP contribution is 2.52. The number of anilines is 1. The Hall–Kier alpha value is -3.30. The van der Waals surface area contributed by atoms with Crippen LogP contribution in [0.3, 0.4) is 0 Å². The van der Waals surface area contributed by atoms with Gasteiger partial charge in [0.1, 0.15) is 11.4 Å². The smallest absolute Gasteiger partial charge is 0.413 e. The van der Waals surface area contributed by atoms with Crippen molar-refractivity contribution in [1.29, 1.82) is 0 Å². The summed E-state index contributed by atoms with van der Waals surface area (Å²) >= 11 is 0. The second-order valence-corrected chi connectivity index (χ2v) is 13.0. The fourth-order valence-corrected chi connectivity index (χ4v) is 5.93. The molecule has 208 valence electrons. The van der Waals surface area contributed by atoms with Crippen molar-refractivity contribution in [2.24, 2.45) is 0 Å². The molecule has 4 rings (SSSR count). The molecule has 2 heterocycles. The van der Waals surface area contributed by atoms with Crippen LogP contribution in [0.1, 0.15) is 76.6 Å². The van der Waals surface area contributed by atoms with E-state index in [-0.39, 0.29) is 23.9 Å². The molecule has 1 aliphatic carbocycles. The fourth-order valence-electron chi connectivity index (χ4n) is 4.60. The Bertz CT molecular complexity index is 1370. The SMILES string of the molecule is CCCCC1(c2ccc(CN(Cc3cccc(NC(=O)OC(C)(C)C)n3)S(=O)(=O)c3ccccn3)cc2)CC1. The van der Waals surface area contributed by atoms with Gasteiger partial charge in [0.25, 0.3) is 10.0 Å². The molecule has 3 aromatic rings. The summed E-state index contributed by atoms with van der Waals surface area (Å²) in [6, 6.07) is 18.3. The van der Waals surface area contributed by atoms with E-state index in [4.69, 9.17) is 4.74 Å². The Balaban J connectivity index is 1.56. The van der Waals surface area contributed by atoms with Crippen molar-refractivity contribution in [3.63, 3.8) is 0 Å². The first-order chi connectivity index (χ1) is 18.5. The maximum atomic E-state index is 13.7. The zero-order chi connectivity index (χ0) is 28.1. The van der Waals surface area contributed by atoms with Crippen LogP contribution in [0.2, 0.25) is 0 Å². The van der Waals surface area contributed by atoms with Gasteiger partial charge in [0.2, 0.25) is 0 Å². The number of amides is 1. The van der Waals surface area contributed by atoms with E-state index in [0.29, 0.717) is 11.1 Å². The third-order valence-electron chi connectivity index (χ3n) is 6.80. The second kappa shape index (κ2) is 11.8. The molecule has 1 N–H and O–H groups in total. The van der Waals surface area contributed by atoms with Crippen LogP contribution in [0.4, 0.5) is 10.6 Å². The molecule has 0 unspecified atom stereocenters. The minimum atomic E-state index is -3.93. The number of unbranched alkanes of at least 4 members (excludes halogenated alkanes) is 1. The van der Waals surface area contributed by atoms with Gasteiger partial charge in [-0.15, -0.1) is 0 Å². The van der Waals surface area contributed by atoms with Gasteiger partial charge in [-0.2, -0.15) is 4.31 Å². The van der Waals surface area contributed by atoms with Crippen molar-refractivity contribution >= 4 is 21.9 Å². The molecule has 0 atom stereocenters. The number of rotatable bonds is 11. The third-order valence-corrected chi connectivity index (χ3v) is 8.51. The van der Waals surface area contributed by atoms with Crippen molar-refractivity contribution in [2.75, 3.05) is 5.32 Å². The standard InChI is InChI=1S/C30H38N4O4S/c1-5-6-17-30(18-19-30)24-15-13-23(14-16-24)21-34(39(36,37)27-12-7-8-20-31-27)22-25-10-9-11-26(32-25)33-28(35)38-29(2,3)4/h7-16,20H,5-6,17-19,21-22H2,1-4H3,(H,32,33,35). The average Bonchev–Trinajstić information content (AvgIpc) is 3.68. The molecular weight excluding hydrogens is 512 g/mol. The van der Waals surface area contributed by atoms with Crippen LogP contribution in [0.5, 0.6) is 0 Å². The number of ether oxygens (including phenoxy) is 1. The van der Waals surface area contributed by atoms with E-state index in [0.717, 1.165) is 5.56 Å². The summed E-state index contributed by atoms with van der Waals surface area (Å²) in [4.78, 5) is 20.8. The normalized spacial score (nSPS) is 14.7. The number of hydrogen-bond donors (Lipinski definition) is 1. The van der Waals surface area contributed by atoms with Gasteiger partial charge in [-0.05, 0) is 80.8 Å². The largest absolute Gasteiger partial charge is 0.444 e. The number of pyridine rings is 2. The molecule has 0 spiro atoms. The van der Waals surface area contributed by atoms with Crippen LogP contribution in [0, 0.1) is 0 Å². The lowest BCUT2D eigenvalue weighted by Gasteiger charge is -2.23. The Morgan fingerprint density at radius 1 is 1.03 bits per heavy atom. The fraction of sp³-hybridized carbons (Fsp3) is 0.433. The highest BCUT2D eigenvalue weighted by atomic mass is 32.2. The molecule has 1 saturated carbocycles. The van der Waals surface area contributed by atoms with Crippen molar-refractivity contribution < 1.29 is 17.9 Å². The van der Waals surface area contributed by atoms with Gasteiger partial charge in [0.15, 0.2) is 5.03 Å². The lowest BCUT2D eigenvalue weighted by Crippen LogP contribution is -2.31. The van der Waals surface area contributed by atoms with Gasteiger partial charge in [0.05, 0.1) is 12.2 Å². The van der Waals surface area contributed by atoms with Crippen LogP contribution in [0.25, 0.3) is 0 Å². The third kappa shape index (κ3) is 7.64. The summed E-state index contributed by atoms with van der Waals surface area (Å²) in [5, 5.41) is 2.59. The predicted octanol–water partition coefficient (Wildman–Crippen LogP) is 6.44. The maximum Gasteiger partial charge on any atom is 0.413 e. The first-order valence-corrected chi connectivity index (χ1v) is 14.9. The Morgan fingerprint density at radius 3 is 2.38 bits per heavy atom. The van der Waals surface area contributed by atoms with Crippen LogP contribution < -0.4 is 5.32 Å². The van der Waals surface area contributed by atoms with Gasteiger partial charge in [-0.25, -0.2) is 23.2 Å². The summed E-state index contributed by atoms with van der Waals surface area (Å²) in [6.45, 7) is 7.71. The molecule has 0 bridgehead atoms. The topological polar surface area (TPSA) is 101 Å². The zero-order valence-corrected chi connectivity index (χ0v) is 24.0. The van der Waals surface area contributed by atoms with E-state index >= 15 is 0 Å². The van der Waals surface area contributed by atoms with Crippen molar-refractivity contribution in [1.82, 2.24) is 14.3 Å². The second-order valence-electron chi connectivity index (χ2n) is 11.2. The molecule has 0 radical (unpaired) electrons. The molecule has 0 aliphatic heterocycles. The molecule has 0 saturated heterocycles. The van der Waals surface area contributed by atoms with Crippen LogP contribution in [-0.2, 0) is 33.3 Å². The molecular formula is C30H38N4O4S. The van der Waals surface area contributed by atoms with Crippen LogP contribution in [0.15, 0.2) is 71.9 Å². The number of benzene rings is 1. The van der Waals surface area contributed by atoms with Crippen molar-refractivity contribution in [3.05, 3.63) is 83.7 Å². The number of carbonyl (C=O) groups is 1. The molecule has 1 fully saturated rings. The number of sulfonamides is 1. The van der Waals surface area contributed by atoms with E-state index in [1.165, 1.54) is 54.2 Å². The van der Waals surface area contributed by atoms with Crippen LogP contribution in [-0.4, -0.2) is 34.4 Å². The predicted molar refractivity (Wildman–Crippen MR) is 152 cm³/mol. The highest BCUT2D eigenvalue weighted by Gasteiger charge is 2.43. The summed E-state index contributed by atoms with van der Waals surface area (Å²) in [5.41, 5.74) is 2.34. The molecule has 2 aromatic heterocycles. The molecule has 8 nitrogen and oxygen atoms in total. The van der Waals surface area contributed by atoms with E-state index in [2.05, 4.69) is 34.3 Å². The minimum Gasteiger partial charge on any atom is -0.444 e. The number of nitrogens with zero attached hydrogens (tertiary/aromatic N) is 3. The molecule has 1 aliphatic rings. The summed E-state index contributed by atoms with van der Waals surface area (Å²) in [7, 11) is -3.93. The van der Waals surface area contributed by atoms with Gasteiger partial charge in [-0.1, -0.05) is 56.2 Å². The number of nitrogens with one attached hydrogen (secondary N) is 1. The quantitative estimate of drug-likeness (QED) is 0.295. The summed E-state index contributed by atoms with van der Waals surface area (Å²) in [6.07, 6.45) is 6.86. The number of hydrogen-bond acceptors (Lipinski definition) is 6. The average molecular weight is 551 g/mol. The van der Waals surface area contributed by atoms with E-state index in [1.54, 1.807) is 51.1 Å². The van der Waals surface area contributed by atoms with Gasteiger partial charge in [-0.3, -0.25) is 5.32 Å². The first kappa shape index (κ1) is 28.7. The van der Waals surface area contributed by atoms with Crippen LogP contribution >= 0.6 is 0 Å². The molecule has 9 heteroatoms. The number of aromatic nitrogens is 2. The maximum absolute atomic E-state index is 13.7.